The van der Waals surface area contributed by atoms with Crippen molar-refractivity contribution in [3.63, 3.8) is 0 Å². The molecule has 1 aromatic heterocycles. The van der Waals surface area contributed by atoms with Crippen LogP contribution in [0.25, 0.3) is 0 Å². The Balaban J connectivity index is 1.45. The summed E-state index contributed by atoms with van der Waals surface area (Å²) < 4.78 is 13.4. The molecule has 2 aromatic carbocycles. The number of carbonyl (C=O) groups is 1. The number of phenols is 1. The predicted molar refractivity (Wildman–Crippen MR) is 123 cm³/mol. The molecule has 2 aliphatic rings. The number of aryl methyl sites for hydroxylation is 1. The van der Waals surface area contributed by atoms with Crippen molar-refractivity contribution >= 4 is 11.7 Å². The van der Waals surface area contributed by atoms with Crippen LogP contribution in [0.15, 0.2) is 48.5 Å². The first kappa shape index (κ1) is 21.5. The Morgan fingerprint density at radius 1 is 1.00 bits per heavy atom. The second-order valence-electron chi connectivity index (χ2n) is 8.87. The topological polar surface area (TPSA) is 69.6 Å². The molecule has 1 unspecified atom stereocenters. The predicted octanol–water partition coefficient (Wildman–Crippen LogP) is 4.45. The fraction of sp³-hybridized carbons (Fsp3) is 0.346. The standard InChI is InChI=1S/C26H27FN4O2/c1-17-22-12-13-24(33)31(16-19-4-8-20(27)9-5-19)26(22)29-25(28-17)23-3-2-14-30(23)15-18-6-10-21(32)11-7-18/h4-11,23,32H,2-3,12-16H2,1H3. The van der Waals surface area contributed by atoms with Crippen molar-refractivity contribution < 1.29 is 14.3 Å². The number of halogens is 1. The van der Waals surface area contributed by atoms with Crippen LogP contribution >= 0.6 is 0 Å². The van der Waals surface area contributed by atoms with Crippen molar-refractivity contribution in [2.75, 3.05) is 11.4 Å². The molecule has 2 aliphatic heterocycles. The molecule has 1 atom stereocenters. The number of aromatic nitrogens is 2. The average Bonchev–Trinajstić information content (AvgIpc) is 3.26. The molecule has 1 N–H and O–H groups in total. The second kappa shape index (κ2) is 8.90. The molecule has 1 fully saturated rings. The van der Waals surface area contributed by atoms with Crippen LogP contribution in [0.5, 0.6) is 5.75 Å². The van der Waals surface area contributed by atoms with Crippen LogP contribution in [0, 0.1) is 12.7 Å². The van der Waals surface area contributed by atoms with E-state index in [-0.39, 0.29) is 23.5 Å². The molecule has 0 aliphatic carbocycles. The van der Waals surface area contributed by atoms with Gasteiger partial charge in [0.25, 0.3) is 0 Å². The minimum Gasteiger partial charge on any atom is -0.508 e. The number of fused-ring (bicyclic) bond motifs is 1. The van der Waals surface area contributed by atoms with Gasteiger partial charge in [-0.15, -0.1) is 0 Å². The molecule has 0 bridgehead atoms. The molecule has 5 rings (SSSR count). The van der Waals surface area contributed by atoms with Gasteiger partial charge in [-0.1, -0.05) is 24.3 Å². The number of amides is 1. The number of phenolic OH excluding ortho intramolecular Hbond substituents is 1. The summed E-state index contributed by atoms with van der Waals surface area (Å²) in [6.45, 7) is 4.06. The number of nitrogens with zero attached hydrogens (tertiary/aromatic N) is 4. The summed E-state index contributed by atoms with van der Waals surface area (Å²) in [6.07, 6.45) is 3.08. The monoisotopic (exact) mass is 446 g/mol. The number of rotatable bonds is 5. The minimum atomic E-state index is -0.292. The quantitative estimate of drug-likeness (QED) is 0.627. The first-order valence-electron chi connectivity index (χ1n) is 11.4. The molecular formula is C26H27FN4O2. The van der Waals surface area contributed by atoms with Crippen molar-refractivity contribution in [1.82, 2.24) is 14.9 Å². The number of carbonyl (C=O) groups excluding carboxylic acids is 1. The smallest absolute Gasteiger partial charge is 0.228 e. The van der Waals surface area contributed by atoms with Gasteiger partial charge in [-0.05, 0) is 68.1 Å². The lowest BCUT2D eigenvalue weighted by atomic mass is 10.0. The van der Waals surface area contributed by atoms with Crippen molar-refractivity contribution in [1.29, 1.82) is 0 Å². The number of likely N-dealkylation sites (tertiary alicyclic amines) is 1. The summed E-state index contributed by atoms with van der Waals surface area (Å²) in [6, 6.07) is 13.6. The van der Waals surface area contributed by atoms with Crippen molar-refractivity contribution in [3.05, 3.63) is 82.6 Å². The minimum absolute atomic E-state index is 0.0308. The Labute approximate surface area is 192 Å². The first-order chi connectivity index (χ1) is 16.0. The molecule has 0 radical (unpaired) electrons. The van der Waals surface area contributed by atoms with E-state index in [0.29, 0.717) is 25.2 Å². The van der Waals surface area contributed by atoms with E-state index >= 15 is 0 Å². The lowest BCUT2D eigenvalue weighted by molar-refractivity contribution is -0.119. The number of benzene rings is 2. The molecule has 0 spiro atoms. The molecule has 6 nitrogen and oxygen atoms in total. The highest BCUT2D eigenvalue weighted by Gasteiger charge is 2.33. The third-order valence-electron chi connectivity index (χ3n) is 6.59. The lowest BCUT2D eigenvalue weighted by Crippen LogP contribution is -2.37. The molecule has 3 aromatic rings. The van der Waals surface area contributed by atoms with E-state index in [2.05, 4.69) is 4.90 Å². The second-order valence-corrected chi connectivity index (χ2v) is 8.87. The van der Waals surface area contributed by atoms with Crippen molar-refractivity contribution in [2.45, 2.75) is 51.7 Å². The fourth-order valence-corrected chi connectivity index (χ4v) is 4.83. The molecule has 3 heterocycles. The summed E-state index contributed by atoms with van der Waals surface area (Å²) >= 11 is 0. The van der Waals surface area contributed by atoms with E-state index in [4.69, 9.17) is 9.97 Å². The van der Waals surface area contributed by atoms with Crippen molar-refractivity contribution in [3.8, 4) is 5.75 Å². The zero-order valence-corrected chi connectivity index (χ0v) is 18.7. The van der Waals surface area contributed by atoms with Gasteiger partial charge in [0.2, 0.25) is 5.91 Å². The summed E-state index contributed by atoms with van der Waals surface area (Å²) in [5, 5.41) is 9.57. The molecular weight excluding hydrogens is 419 g/mol. The van der Waals surface area contributed by atoms with E-state index in [0.717, 1.165) is 54.1 Å². The Bertz CT molecular complexity index is 1160. The third kappa shape index (κ3) is 4.46. The summed E-state index contributed by atoms with van der Waals surface area (Å²) in [4.78, 5) is 26.8. The number of hydrogen-bond acceptors (Lipinski definition) is 5. The fourth-order valence-electron chi connectivity index (χ4n) is 4.83. The van der Waals surface area contributed by atoms with E-state index < -0.39 is 0 Å². The van der Waals surface area contributed by atoms with Crippen LogP contribution in [-0.4, -0.2) is 32.4 Å². The van der Waals surface area contributed by atoms with Gasteiger partial charge in [-0.3, -0.25) is 14.6 Å². The lowest BCUT2D eigenvalue weighted by Gasteiger charge is -2.31. The van der Waals surface area contributed by atoms with E-state index in [1.807, 2.05) is 19.1 Å². The maximum atomic E-state index is 13.4. The third-order valence-corrected chi connectivity index (χ3v) is 6.59. The Hall–Kier alpha value is -3.32. The van der Waals surface area contributed by atoms with Gasteiger partial charge in [-0.25, -0.2) is 14.4 Å². The van der Waals surface area contributed by atoms with Gasteiger partial charge >= 0.3 is 0 Å². The Morgan fingerprint density at radius 2 is 1.70 bits per heavy atom. The maximum absolute atomic E-state index is 13.4. The summed E-state index contributed by atoms with van der Waals surface area (Å²) in [5.41, 5.74) is 3.93. The zero-order valence-electron chi connectivity index (χ0n) is 18.7. The van der Waals surface area contributed by atoms with Crippen LogP contribution in [0.1, 0.15) is 53.5 Å². The molecule has 170 valence electrons. The Kier molecular flexibility index (Phi) is 5.81. The van der Waals surface area contributed by atoms with Gasteiger partial charge in [0.1, 0.15) is 23.2 Å². The molecule has 1 saturated heterocycles. The number of hydrogen-bond donors (Lipinski definition) is 1. The van der Waals surface area contributed by atoms with Crippen LogP contribution in [0.3, 0.4) is 0 Å². The highest BCUT2D eigenvalue weighted by Crippen LogP contribution is 2.35. The first-order valence-corrected chi connectivity index (χ1v) is 11.4. The van der Waals surface area contributed by atoms with Crippen molar-refractivity contribution in [2.24, 2.45) is 0 Å². The van der Waals surface area contributed by atoms with Gasteiger partial charge in [-0.2, -0.15) is 0 Å². The van der Waals surface area contributed by atoms with Gasteiger partial charge in [0.05, 0.1) is 12.6 Å². The average molecular weight is 447 g/mol. The largest absolute Gasteiger partial charge is 0.508 e. The van der Waals surface area contributed by atoms with Gasteiger partial charge < -0.3 is 5.11 Å². The molecule has 1 amide bonds. The zero-order chi connectivity index (χ0) is 22.9. The van der Waals surface area contributed by atoms with Crippen LogP contribution in [0.2, 0.25) is 0 Å². The van der Waals surface area contributed by atoms with Gasteiger partial charge in [0.15, 0.2) is 0 Å². The molecule has 0 saturated carbocycles. The highest BCUT2D eigenvalue weighted by molar-refractivity contribution is 5.95. The Morgan fingerprint density at radius 3 is 2.45 bits per heavy atom. The van der Waals surface area contributed by atoms with Crippen LogP contribution in [-0.2, 0) is 24.3 Å². The number of aromatic hydroxyl groups is 1. The highest BCUT2D eigenvalue weighted by atomic mass is 19.1. The SMILES string of the molecule is Cc1nc(C2CCCN2Cc2ccc(O)cc2)nc2c1CCC(=O)N2Cc1ccc(F)cc1. The number of anilines is 1. The molecule has 7 heteroatoms. The van der Waals surface area contributed by atoms with Crippen LogP contribution in [0.4, 0.5) is 10.2 Å². The van der Waals surface area contributed by atoms with E-state index in [1.54, 1.807) is 29.2 Å². The van der Waals surface area contributed by atoms with Crippen LogP contribution < -0.4 is 4.90 Å². The maximum Gasteiger partial charge on any atom is 0.228 e. The van der Waals surface area contributed by atoms with E-state index in [9.17, 15) is 14.3 Å². The summed E-state index contributed by atoms with van der Waals surface area (Å²) in [7, 11) is 0. The van der Waals surface area contributed by atoms with E-state index in [1.165, 1.54) is 12.1 Å². The molecule has 33 heavy (non-hydrogen) atoms. The summed E-state index contributed by atoms with van der Waals surface area (Å²) in [5.74, 6) is 1.44. The normalized spacial score (nSPS) is 18.5. The van der Waals surface area contributed by atoms with Gasteiger partial charge in [0, 0.05) is 24.2 Å².